The summed E-state index contributed by atoms with van der Waals surface area (Å²) >= 11 is 5.90. The van der Waals surface area contributed by atoms with E-state index < -0.39 is 34.2 Å². The highest BCUT2D eigenvalue weighted by atomic mass is 35.5. The van der Waals surface area contributed by atoms with E-state index in [1.54, 1.807) is 30.3 Å². The second-order valence-electron chi connectivity index (χ2n) is 9.32. The number of ether oxygens (including phenoxy) is 2. The van der Waals surface area contributed by atoms with Crippen molar-refractivity contribution in [2.75, 3.05) is 11.3 Å². The van der Waals surface area contributed by atoms with Crippen molar-refractivity contribution in [2.45, 2.75) is 48.5 Å². The Labute approximate surface area is 224 Å². The fourth-order valence-corrected chi connectivity index (χ4v) is 6.04. The van der Waals surface area contributed by atoms with Gasteiger partial charge in [0.15, 0.2) is 0 Å². The van der Waals surface area contributed by atoms with Gasteiger partial charge in [-0.2, -0.15) is 0 Å². The van der Waals surface area contributed by atoms with Gasteiger partial charge in [0.2, 0.25) is 5.91 Å². The van der Waals surface area contributed by atoms with Crippen LogP contribution in [0.15, 0.2) is 71.6 Å². The SMILES string of the molecule is O=C(C[C@@H]1C[C@H]2c3cc(NS(=O)(=O)c4ccc(F)cc4)ccc3O[C@H]2[C@@H](CO)O1)NCc1ccc(Cl)cc1. The molecular weight excluding hydrogens is 535 g/mol. The Morgan fingerprint density at radius 1 is 1.08 bits per heavy atom. The number of nitrogens with one attached hydrogen (secondary N) is 2. The summed E-state index contributed by atoms with van der Waals surface area (Å²) in [6.45, 7) is 0.0593. The van der Waals surface area contributed by atoms with Crippen molar-refractivity contribution in [3.8, 4) is 5.75 Å². The van der Waals surface area contributed by atoms with Crippen molar-refractivity contribution >= 4 is 33.2 Å². The molecule has 3 aromatic rings. The van der Waals surface area contributed by atoms with E-state index in [1.165, 1.54) is 12.1 Å². The zero-order valence-electron chi connectivity index (χ0n) is 20.1. The van der Waals surface area contributed by atoms with Crippen LogP contribution in [0.2, 0.25) is 5.02 Å². The van der Waals surface area contributed by atoms with Crippen molar-refractivity contribution in [3.05, 3.63) is 88.7 Å². The molecule has 0 aliphatic carbocycles. The molecule has 2 aliphatic heterocycles. The molecule has 0 spiro atoms. The summed E-state index contributed by atoms with van der Waals surface area (Å²) < 4.78 is 53.4. The van der Waals surface area contributed by atoms with Crippen LogP contribution in [0, 0.1) is 5.82 Å². The molecule has 38 heavy (non-hydrogen) atoms. The van der Waals surface area contributed by atoms with Crippen LogP contribution in [0.3, 0.4) is 0 Å². The van der Waals surface area contributed by atoms with Gasteiger partial charge in [-0.1, -0.05) is 23.7 Å². The maximum Gasteiger partial charge on any atom is 0.261 e. The first-order valence-electron chi connectivity index (χ1n) is 12.1. The fraction of sp³-hybridized carbons (Fsp3) is 0.296. The van der Waals surface area contributed by atoms with Crippen LogP contribution in [-0.4, -0.2) is 44.4 Å². The monoisotopic (exact) mass is 560 g/mol. The molecule has 3 N–H and O–H groups in total. The Bertz CT molecular complexity index is 1420. The molecule has 2 aliphatic rings. The van der Waals surface area contributed by atoms with E-state index >= 15 is 0 Å². The third kappa shape index (κ3) is 5.78. The summed E-state index contributed by atoms with van der Waals surface area (Å²) in [6.07, 6.45) is -1.02. The van der Waals surface area contributed by atoms with Gasteiger partial charge in [0.1, 0.15) is 23.8 Å². The summed E-state index contributed by atoms with van der Waals surface area (Å²) in [5.74, 6) is -0.365. The first-order valence-corrected chi connectivity index (χ1v) is 13.9. The minimum absolute atomic E-state index is 0.0652. The van der Waals surface area contributed by atoms with Crippen LogP contribution >= 0.6 is 11.6 Å². The lowest BCUT2D eigenvalue weighted by atomic mass is 9.84. The van der Waals surface area contributed by atoms with Gasteiger partial charge in [0.05, 0.1) is 24.0 Å². The molecule has 1 amide bonds. The minimum Gasteiger partial charge on any atom is -0.487 e. The molecule has 4 atom stereocenters. The third-order valence-corrected chi connectivity index (χ3v) is 8.34. The summed E-state index contributed by atoms with van der Waals surface area (Å²) in [7, 11) is -3.93. The molecule has 0 aromatic heterocycles. The molecule has 200 valence electrons. The Morgan fingerprint density at radius 3 is 2.53 bits per heavy atom. The minimum atomic E-state index is -3.93. The molecule has 1 fully saturated rings. The van der Waals surface area contributed by atoms with Crippen LogP contribution in [0.1, 0.15) is 29.9 Å². The van der Waals surface area contributed by atoms with E-state index in [9.17, 15) is 22.7 Å². The van der Waals surface area contributed by atoms with Crippen molar-refractivity contribution in [2.24, 2.45) is 0 Å². The highest BCUT2D eigenvalue weighted by Gasteiger charge is 2.46. The number of amides is 1. The lowest BCUT2D eigenvalue weighted by Crippen LogP contribution is -2.47. The molecule has 8 nitrogen and oxygen atoms in total. The molecule has 2 heterocycles. The zero-order valence-corrected chi connectivity index (χ0v) is 21.7. The highest BCUT2D eigenvalue weighted by molar-refractivity contribution is 7.92. The van der Waals surface area contributed by atoms with E-state index in [0.29, 0.717) is 29.4 Å². The molecule has 5 rings (SSSR count). The Balaban J connectivity index is 1.28. The Hall–Kier alpha value is -3.18. The van der Waals surface area contributed by atoms with Gasteiger partial charge in [-0.25, -0.2) is 12.8 Å². The lowest BCUT2D eigenvalue weighted by molar-refractivity contribution is -0.142. The molecule has 1 saturated heterocycles. The predicted octanol–water partition coefficient (Wildman–Crippen LogP) is 3.98. The smallest absolute Gasteiger partial charge is 0.261 e. The maximum absolute atomic E-state index is 13.2. The average Bonchev–Trinajstić information content (AvgIpc) is 3.26. The predicted molar refractivity (Wildman–Crippen MR) is 139 cm³/mol. The first-order chi connectivity index (χ1) is 18.2. The van der Waals surface area contributed by atoms with Gasteiger partial charge in [0, 0.05) is 28.7 Å². The van der Waals surface area contributed by atoms with E-state index in [4.69, 9.17) is 21.1 Å². The number of rotatable bonds is 8. The van der Waals surface area contributed by atoms with E-state index in [0.717, 1.165) is 23.3 Å². The zero-order chi connectivity index (χ0) is 26.9. The molecule has 0 radical (unpaired) electrons. The van der Waals surface area contributed by atoms with Crippen LogP contribution in [0.5, 0.6) is 5.75 Å². The van der Waals surface area contributed by atoms with Crippen LogP contribution in [0.25, 0.3) is 0 Å². The molecule has 11 heteroatoms. The van der Waals surface area contributed by atoms with Crippen LogP contribution < -0.4 is 14.8 Å². The normalized spacial score (nSPS) is 22.2. The van der Waals surface area contributed by atoms with E-state index in [1.807, 2.05) is 12.1 Å². The summed E-state index contributed by atoms with van der Waals surface area (Å²) in [6, 6.07) is 16.7. The number of aliphatic hydroxyl groups is 1. The average molecular weight is 561 g/mol. The number of fused-ring (bicyclic) bond motifs is 3. The lowest BCUT2D eigenvalue weighted by Gasteiger charge is -2.37. The molecule has 3 aromatic carbocycles. The van der Waals surface area contributed by atoms with Gasteiger partial charge in [-0.15, -0.1) is 0 Å². The number of sulfonamides is 1. The van der Waals surface area contributed by atoms with Gasteiger partial charge in [-0.05, 0) is 66.6 Å². The second-order valence-corrected chi connectivity index (χ2v) is 11.4. The van der Waals surface area contributed by atoms with Crippen LogP contribution in [-0.2, 0) is 26.1 Å². The quantitative estimate of drug-likeness (QED) is 0.384. The third-order valence-electron chi connectivity index (χ3n) is 6.69. The molecule has 0 saturated carbocycles. The van der Waals surface area contributed by atoms with Gasteiger partial charge >= 0.3 is 0 Å². The Kier molecular flexibility index (Phi) is 7.58. The fourth-order valence-electron chi connectivity index (χ4n) is 4.86. The highest BCUT2D eigenvalue weighted by Crippen LogP contribution is 2.47. The summed E-state index contributed by atoms with van der Waals surface area (Å²) in [5.41, 5.74) is 2.00. The number of halogens is 2. The number of aliphatic hydroxyl groups excluding tert-OH is 1. The van der Waals surface area contributed by atoms with Crippen molar-refractivity contribution in [1.29, 1.82) is 0 Å². The maximum atomic E-state index is 13.2. The number of carbonyl (C=O) groups is 1. The molecule has 0 bridgehead atoms. The van der Waals surface area contributed by atoms with Gasteiger partial charge in [-0.3, -0.25) is 9.52 Å². The number of carbonyl (C=O) groups excluding carboxylic acids is 1. The van der Waals surface area contributed by atoms with Crippen molar-refractivity contribution < 1.29 is 32.2 Å². The van der Waals surface area contributed by atoms with Crippen molar-refractivity contribution in [3.63, 3.8) is 0 Å². The van der Waals surface area contributed by atoms with Gasteiger partial charge in [0.25, 0.3) is 10.0 Å². The summed E-state index contributed by atoms with van der Waals surface area (Å²) in [5, 5.41) is 13.5. The molecule has 0 unspecified atom stereocenters. The number of benzene rings is 3. The first kappa shape index (κ1) is 26.4. The topological polar surface area (TPSA) is 114 Å². The Morgan fingerprint density at radius 2 is 1.82 bits per heavy atom. The van der Waals surface area contributed by atoms with Crippen molar-refractivity contribution in [1.82, 2.24) is 5.32 Å². The largest absolute Gasteiger partial charge is 0.487 e. The second kappa shape index (κ2) is 10.9. The standard InChI is InChI=1S/C27H26ClFN2O6S/c28-17-3-1-16(2-4-17)14-30-26(33)13-20-12-23-22-11-19(7-10-24(22)37-27(23)25(15-32)36-20)31-38(34,35)21-8-5-18(29)6-9-21/h1-11,20,23,25,27,31-32H,12-15H2,(H,30,33)/t20-,23-,25+,27+/m0/s1. The number of hydrogen-bond donors (Lipinski definition) is 3. The van der Waals surface area contributed by atoms with E-state index in [2.05, 4.69) is 10.0 Å². The number of anilines is 1. The summed E-state index contributed by atoms with van der Waals surface area (Å²) in [4.78, 5) is 12.6. The van der Waals surface area contributed by atoms with Gasteiger partial charge < -0.3 is 19.9 Å². The number of hydrogen-bond acceptors (Lipinski definition) is 6. The van der Waals surface area contributed by atoms with Crippen LogP contribution in [0.4, 0.5) is 10.1 Å². The molecular formula is C27H26ClFN2O6S. The van der Waals surface area contributed by atoms with E-state index in [-0.39, 0.29) is 29.7 Å².